The molecule has 0 aliphatic carbocycles. The van der Waals surface area contributed by atoms with Crippen molar-refractivity contribution in [3.63, 3.8) is 0 Å². The first-order chi connectivity index (χ1) is 14.0. The molecule has 2 aromatic rings. The Morgan fingerprint density at radius 3 is 2.31 bits per heavy atom. The van der Waals surface area contributed by atoms with Crippen LogP contribution >= 0.6 is 0 Å². The summed E-state index contributed by atoms with van der Waals surface area (Å²) in [5, 5.41) is 2.74. The summed E-state index contributed by atoms with van der Waals surface area (Å²) in [5.74, 6) is 0.523. The van der Waals surface area contributed by atoms with E-state index in [0.29, 0.717) is 32.1 Å². The number of carbonyl (C=O) groups excluding carboxylic acids is 2. The highest BCUT2D eigenvalue weighted by atomic mass is 16.5. The standard InChI is InChI=1S/C21H27N5O3/c1-16(2)18(24-21(28)29-15-17-7-4-3-5-8-17)19(27)25-11-13-26(14-12-25)20-22-9-6-10-23-20/h3-10,16,18H,11-15H2,1-2H3,(H,24,28). The maximum Gasteiger partial charge on any atom is 0.408 e. The number of alkyl carbamates (subject to hydrolysis) is 1. The monoisotopic (exact) mass is 397 g/mol. The molecule has 0 bridgehead atoms. The highest BCUT2D eigenvalue weighted by molar-refractivity contribution is 5.86. The number of hydrogen-bond acceptors (Lipinski definition) is 6. The normalized spacial score (nSPS) is 15.1. The summed E-state index contributed by atoms with van der Waals surface area (Å²) in [5.41, 5.74) is 0.898. The number of amides is 2. The zero-order chi connectivity index (χ0) is 20.6. The third-order valence-electron chi connectivity index (χ3n) is 4.85. The molecule has 2 amide bonds. The van der Waals surface area contributed by atoms with Crippen LogP contribution in [-0.4, -0.2) is 59.1 Å². The van der Waals surface area contributed by atoms with Gasteiger partial charge in [-0.25, -0.2) is 14.8 Å². The number of hydrogen-bond donors (Lipinski definition) is 1. The Hall–Kier alpha value is -3.16. The van der Waals surface area contributed by atoms with Crippen molar-refractivity contribution < 1.29 is 14.3 Å². The fraction of sp³-hybridized carbons (Fsp3) is 0.429. The van der Waals surface area contributed by atoms with E-state index in [4.69, 9.17) is 4.74 Å². The van der Waals surface area contributed by atoms with E-state index in [2.05, 4.69) is 20.2 Å². The van der Waals surface area contributed by atoms with Gasteiger partial charge in [0.1, 0.15) is 12.6 Å². The van der Waals surface area contributed by atoms with Crippen LogP contribution in [0.25, 0.3) is 0 Å². The molecule has 8 nitrogen and oxygen atoms in total. The van der Waals surface area contributed by atoms with Gasteiger partial charge in [-0.05, 0) is 17.5 Å². The Bertz CT molecular complexity index is 792. The largest absolute Gasteiger partial charge is 0.445 e. The van der Waals surface area contributed by atoms with Crippen LogP contribution in [0, 0.1) is 5.92 Å². The summed E-state index contributed by atoms with van der Waals surface area (Å²) in [6, 6.07) is 10.6. The van der Waals surface area contributed by atoms with Gasteiger partial charge in [0.25, 0.3) is 0 Å². The number of benzene rings is 1. The van der Waals surface area contributed by atoms with Crippen LogP contribution in [-0.2, 0) is 16.1 Å². The number of nitrogens with one attached hydrogen (secondary N) is 1. The molecular weight excluding hydrogens is 370 g/mol. The van der Waals surface area contributed by atoms with Crippen LogP contribution in [0.4, 0.5) is 10.7 Å². The van der Waals surface area contributed by atoms with Crippen LogP contribution in [0.1, 0.15) is 19.4 Å². The average molecular weight is 397 g/mol. The van der Waals surface area contributed by atoms with Gasteiger partial charge in [-0.2, -0.15) is 0 Å². The Morgan fingerprint density at radius 2 is 1.69 bits per heavy atom. The molecule has 8 heteroatoms. The topological polar surface area (TPSA) is 87.7 Å². The van der Waals surface area contributed by atoms with Gasteiger partial charge < -0.3 is 19.9 Å². The lowest BCUT2D eigenvalue weighted by Crippen LogP contribution is -2.56. The summed E-state index contributed by atoms with van der Waals surface area (Å²) in [6.45, 7) is 6.41. The molecule has 1 aliphatic heterocycles. The Labute approximate surface area is 170 Å². The smallest absolute Gasteiger partial charge is 0.408 e. The highest BCUT2D eigenvalue weighted by Gasteiger charge is 2.31. The molecule has 0 radical (unpaired) electrons. The molecule has 0 saturated carbocycles. The Morgan fingerprint density at radius 1 is 1.03 bits per heavy atom. The number of ether oxygens (including phenoxy) is 1. The molecule has 1 aromatic heterocycles. The van der Waals surface area contributed by atoms with Crippen molar-refractivity contribution in [1.82, 2.24) is 20.2 Å². The first kappa shape index (κ1) is 20.6. The first-order valence-corrected chi connectivity index (χ1v) is 9.82. The number of nitrogens with zero attached hydrogens (tertiary/aromatic N) is 4. The molecule has 1 N–H and O–H groups in total. The van der Waals surface area contributed by atoms with Gasteiger partial charge in [0.2, 0.25) is 11.9 Å². The van der Waals surface area contributed by atoms with Crippen LogP contribution in [0.5, 0.6) is 0 Å². The van der Waals surface area contributed by atoms with E-state index in [9.17, 15) is 9.59 Å². The molecule has 3 rings (SSSR count). The van der Waals surface area contributed by atoms with E-state index < -0.39 is 12.1 Å². The quantitative estimate of drug-likeness (QED) is 0.803. The molecule has 1 saturated heterocycles. The van der Waals surface area contributed by atoms with Crippen molar-refractivity contribution in [3.8, 4) is 0 Å². The van der Waals surface area contributed by atoms with Crippen molar-refractivity contribution in [1.29, 1.82) is 0 Å². The molecular formula is C21H27N5O3. The molecule has 1 aliphatic rings. The van der Waals surface area contributed by atoms with Crippen molar-refractivity contribution in [3.05, 3.63) is 54.4 Å². The molecule has 29 heavy (non-hydrogen) atoms. The van der Waals surface area contributed by atoms with Crippen molar-refractivity contribution in [2.75, 3.05) is 31.1 Å². The summed E-state index contributed by atoms with van der Waals surface area (Å²) < 4.78 is 5.28. The Kier molecular flexibility index (Phi) is 6.99. The van der Waals surface area contributed by atoms with Gasteiger partial charge in [-0.1, -0.05) is 44.2 Å². The van der Waals surface area contributed by atoms with Crippen molar-refractivity contribution in [2.24, 2.45) is 5.92 Å². The van der Waals surface area contributed by atoms with Gasteiger partial charge >= 0.3 is 6.09 Å². The second-order valence-corrected chi connectivity index (χ2v) is 7.29. The van der Waals surface area contributed by atoms with E-state index in [1.54, 1.807) is 23.4 Å². The summed E-state index contributed by atoms with van der Waals surface area (Å²) in [6.07, 6.45) is 2.83. The summed E-state index contributed by atoms with van der Waals surface area (Å²) >= 11 is 0. The number of carbonyl (C=O) groups is 2. The van der Waals surface area contributed by atoms with E-state index in [1.165, 1.54) is 0 Å². The maximum absolute atomic E-state index is 13.0. The zero-order valence-corrected chi connectivity index (χ0v) is 16.8. The maximum atomic E-state index is 13.0. The second kappa shape index (κ2) is 9.86. The van der Waals surface area contributed by atoms with Crippen LogP contribution in [0.15, 0.2) is 48.8 Å². The second-order valence-electron chi connectivity index (χ2n) is 7.29. The third-order valence-corrected chi connectivity index (χ3v) is 4.85. The minimum atomic E-state index is -0.627. The van der Waals surface area contributed by atoms with Crippen LogP contribution < -0.4 is 10.2 Å². The minimum absolute atomic E-state index is 0.0535. The third kappa shape index (κ3) is 5.66. The van der Waals surface area contributed by atoms with Gasteiger partial charge in [0.15, 0.2) is 0 Å². The number of aromatic nitrogens is 2. The molecule has 154 valence electrons. The molecule has 1 fully saturated rings. The lowest BCUT2D eigenvalue weighted by molar-refractivity contribution is -0.134. The number of piperazine rings is 1. The van der Waals surface area contributed by atoms with Crippen molar-refractivity contribution >= 4 is 17.9 Å². The van der Waals surface area contributed by atoms with Gasteiger partial charge in [0, 0.05) is 38.6 Å². The minimum Gasteiger partial charge on any atom is -0.445 e. The fourth-order valence-electron chi connectivity index (χ4n) is 3.18. The van der Waals surface area contributed by atoms with E-state index >= 15 is 0 Å². The lowest BCUT2D eigenvalue weighted by atomic mass is 10.0. The van der Waals surface area contributed by atoms with Crippen molar-refractivity contribution in [2.45, 2.75) is 26.5 Å². The number of anilines is 1. The predicted octanol–water partition coefficient (Wildman–Crippen LogP) is 2.08. The van der Waals surface area contributed by atoms with E-state index in [1.807, 2.05) is 44.2 Å². The number of rotatable bonds is 6. The van der Waals surface area contributed by atoms with E-state index in [-0.39, 0.29) is 18.4 Å². The Balaban J connectivity index is 1.52. The first-order valence-electron chi connectivity index (χ1n) is 9.82. The zero-order valence-electron chi connectivity index (χ0n) is 16.8. The predicted molar refractivity (Wildman–Crippen MR) is 109 cm³/mol. The molecule has 1 aromatic carbocycles. The summed E-state index contributed by atoms with van der Waals surface area (Å²) in [7, 11) is 0. The SMILES string of the molecule is CC(C)C(NC(=O)OCc1ccccc1)C(=O)N1CCN(c2ncccn2)CC1. The molecule has 0 spiro atoms. The van der Waals surface area contributed by atoms with E-state index in [0.717, 1.165) is 5.56 Å². The fourth-order valence-corrected chi connectivity index (χ4v) is 3.18. The highest BCUT2D eigenvalue weighted by Crippen LogP contribution is 2.13. The molecule has 1 unspecified atom stereocenters. The summed E-state index contributed by atoms with van der Waals surface area (Å²) in [4.78, 5) is 37.6. The van der Waals surface area contributed by atoms with Crippen LogP contribution in [0.3, 0.4) is 0 Å². The van der Waals surface area contributed by atoms with Crippen LogP contribution in [0.2, 0.25) is 0 Å². The average Bonchev–Trinajstić information content (AvgIpc) is 2.77. The van der Waals surface area contributed by atoms with Gasteiger partial charge in [0.05, 0.1) is 0 Å². The van der Waals surface area contributed by atoms with Gasteiger partial charge in [-0.15, -0.1) is 0 Å². The van der Waals surface area contributed by atoms with Gasteiger partial charge in [-0.3, -0.25) is 4.79 Å². The molecule has 2 heterocycles. The lowest BCUT2D eigenvalue weighted by Gasteiger charge is -2.37. The molecule has 1 atom stereocenters.